The van der Waals surface area contributed by atoms with Crippen LogP contribution in [-0.4, -0.2) is 53.6 Å². The number of piperidine rings is 1. The van der Waals surface area contributed by atoms with Crippen molar-refractivity contribution in [3.05, 3.63) is 70.8 Å². The minimum absolute atomic E-state index is 0.0135. The Morgan fingerprint density at radius 1 is 1.18 bits per heavy atom. The number of likely N-dealkylation sites (tertiary alicyclic amines) is 1. The number of nitrogens with zero attached hydrogens (tertiary/aromatic N) is 1. The van der Waals surface area contributed by atoms with E-state index in [4.69, 9.17) is 14.6 Å². The average molecular weight is 462 g/mol. The Balaban J connectivity index is 0.000000206. The molecule has 7 rings (SSSR count). The van der Waals surface area contributed by atoms with Gasteiger partial charge in [-0.2, -0.15) is 0 Å². The molecule has 2 bridgehead atoms. The summed E-state index contributed by atoms with van der Waals surface area (Å²) >= 11 is 0. The number of phenolic OH excluding ortho intramolecular Hbond substituents is 1. The Labute approximate surface area is 202 Å². The van der Waals surface area contributed by atoms with Gasteiger partial charge in [0, 0.05) is 36.6 Å². The van der Waals surface area contributed by atoms with Crippen LogP contribution >= 0.6 is 0 Å². The Kier molecular flexibility index (Phi) is 5.47. The summed E-state index contributed by atoms with van der Waals surface area (Å²) in [4.78, 5) is 2.75. The quantitative estimate of drug-likeness (QED) is 0.671. The molecule has 1 saturated carbocycles. The highest BCUT2D eigenvalue weighted by atomic mass is 16.5. The summed E-state index contributed by atoms with van der Waals surface area (Å²) in [6.07, 6.45) is 9.53. The van der Waals surface area contributed by atoms with Crippen LogP contribution < -0.4 is 4.74 Å². The molecule has 2 N–H and O–H groups in total. The van der Waals surface area contributed by atoms with Gasteiger partial charge >= 0.3 is 0 Å². The molecule has 5 nitrogen and oxygen atoms in total. The van der Waals surface area contributed by atoms with Gasteiger partial charge in [-0.05, 0) is 62.3 Å². The summed E-state index contributed by atoms with van der Waals surface area (Å²) in [5, 5.41) is 19.1. The number of hydrogen-bond acceptors (Lipinski definition) is 5. The predicted octanol–water partition coefficient (Wildman–Crippen LogP) is 4.12. The van der Waals surface area contributed by atoms with Crippen LogP contribution in [0.2, 0.25) is 0 Å². The lowest BCUT2D eigenvalue weighted by molar-refractivity contribution is -0.0640. The molecule has 2 aromatic rings. The average Bonchev–Trinajstić information content (AvgIpc) is 3.60. The lowest BCUT2D eigenvalue weighted by Crippen LogP contribution is -2.65. The number of rotatable bonds is 4. The summed E-state index contributed by atoms with van der Waals surface area (Å²) in [5.41, 5.74) is 4.82. The van der Waals surface area contributed by atoms with Crippen molar-refractivity contribution in [1.82, 2.24) is 4.90 Å². The first-order valence-electron chi connectivity index (χ1n) is 12.7. The second-order valence-electron chi connectivity index (χ2n) is 10.7. The molecule has 0 amide bonds. The van der Waals surface area contributed by atoms with E-state index in [1.54, 1.807) is 7.11 Å². The number of aromatic hydroxyl groups is 1. The Hall–Kier alpha value is -2.34. The van der Waals surface area contributed by atoms with Gasteiger partial charge in [0.1, 0.15) is 12.2 Å². The molecule has 3 aliphatic carbocycles. The number of aliphatic hydroxyl groups excluding tert-OH is 1. The summed E-state index contributed by atoms with van der Waals surface area (Å²) in [7, 11) is 1.77. The van der Waals surface area contributed by atoms with Crippen molar-refractivity contribution in [2.24, 2.45) is 11.8 Å². The zero-order valence-electron chi connectivity index (χ0n) is 20.1. The van der Waals surface area contributed by atoms with Crippen LogP contribution in [0.25, 0.3) is 0 Å². The maximum absolute atomic E-state index is 10.4. The van der Waals surface area contributed by atoms with Crippen LogP contribution in [0.1, 0.15) is 41.5 Å². The minimum atomic E-state index is -0.0374. The standard InChI is InChI=1S/C21H25NO3.C8H10O/c1-24-17-7-5-14-15-10-13-4-6-16(23)19-18(13)21(14,20(17)25-19)8-9-22(15)11-12-2-3-12;1-7-3-2-4-8(5-7)6-9/h4-7,12,14-15,17,20,23H,2-3,8-11H2,1H3;2-5,9H,6H2,1H3/t14?,15?,17?,20-,21?;/m0./s1. The van der Waals surface area contributed by atoms with Crippen LogP contribution in [0.3, 0.4) is 0 Å². The van der Waals surface area contributed by atoms with Gasteiger partial charge in [0.05, 0.1) is 6.61 Å². The highest BCUT2D eigenvalue weighted by molar-refractivity contribution is 5.61. The van der Waals surface area contributed by atoms with Gasteiger partial charge in [0.25, 0.3) is 0 Å². The maximum Gasteiger partial charge on any atom is 0.165 e. The number of aliphatic hydroxyl groups is 1. The Morgan fingerprint density at radius 3 is 2.74 bits per heavy atom. The molecule has 1 saturated heterocycles. The fraction of sp³-hybridized carbons (Fsp3) is 0.517. The van der Waals surface area contributed by atoms with Crippen molar-refractivity contribution in [3.8, 4) is 11.5 Å². The van der Waals surface area contributed by atoms with Gasteiger partial charge in [-0.25, -0.2) is 0 Å². The first-order valence-corrected chi connectivity index (χ1v) is 12.7. The van der Waals surface area contributed by atoms with Crippen LogP contribution in [0.4, 0.5) is 0 Å². The second-order valence-corrected chi connectivity index (χ2v) is 10.7. The Morgan fingerprint density at radius 2 is 2.03 bits per heavy atom. The summed E-state index contributed by atoms with van der Waals surface area (Å²) < 4.78 is 12.2. The fourth-order valence-corrected chi connectivity index (χ4v) is 6.98. The van der Waals surface area contributed by atoms with E-state index in [9.17, 15) is 5.11 Å². The minimum Gasteiger partial charge on any atom is -0.504 e. The van der Waals surface area contributed by atoms with E-state index in [-0.39, 0.29) is 30.0 Å². The SMILES string of the molecule is COC1C=CC2C3Cc4ccc(O)c5c4C2(CCN3CC2CC2)[C@H]1O5.Cc1cccc(CO)c1. The third-order valence-electron chi connectivity index (χ3n) is 8.69. The number of methoxy groups -OCH3 is 1. The van der Waals surface area contributed by atoms with Crippen LogP contribution in [0, 0.1) is 18.8 Å². The molecule has 180 valence electrons. The van der Waals surface area contributed by atoms with Crippen LogP contribution in [0.5, 0.6) is 11.5 Å². The topological polar surface area (TPSA) is 62.2 Å². The van der Waals surface area contributed by atoms with Crippen molar-refractivity contribution >= 4 is 0 Å². The molecule has 4 unspecified atom stereocenters. The zero-order valence-corrected chi connectivity index (χ0v) is 20.1. The third kappa shape index (κ3) is 3.40. The normalized spacial score (nSPS) is 32.4. The van der Waals surface area contributed by atoms with Gasteiger partial charge in [0.2, 0.25) is 0 Å². The van der Waals surface area contributed by atoms with Gasteiger partial charge in [0.15, 0.2) is 11.5 Å². The van der Waals surface area contributed by atoms with Gasteiger partial charge in [-0.1, -0.05) is 48.0 Å². The molecule has 5 aliphatic rings. The molecular weight excluding hydrogens is 426 g/mol. The lowest BCUT2D eigenvalue weighted by Gasteiger charge is -2.57. The molecule has 0 aromatic heterocycles. The number of aryl methyl sites for hydroxylation is 1. The number of phenols is 1. The largest absolute Gasteiger partial charge is 0.504 e. The van der Waals surface area contributed by atoms with E-state index in [1.165, 1.54) is 36.1 Å². The first kappa shape index (κ1) is 22.1. The van der Waals surface area contributed by atoms with Crippen molar-refractivity contribution in [2.75, 3.05) is 20.2 Å². The monoisotopic (exact) mass is 461 g/mol. The highest BCUT2D eigenvalue weighted by Crippen LogP contribution is 2.62. The molecule has 5 atom stereocenters. The summed E-state index contributed by atoms with van der Waals surface area (Å²) in [6, 6.07) is 12.3. The maximum atomic E-state index is 10.4. The molecule has 2 heterocycles. The van der Waals surface area contributed by atoms with Crippen LogP contribution in [-0.2, 0) is 23.2 Å². The zero-order chi connectivity index (χ0) is 23.4. The lowest BCUT2D eigenvalue weighted by atomic mass is 9.53. The predicted molar refractivity (Wildman–Crippen MR) is 131 cm³/mol. The molecule has 2 aliphatic heterocycles. The Bertz CT molecular complexity index is 1110. The first-order chi connectivity index (χ1) is 16.5. The van der Waals surface area contributed by atoms with Crippen molar-refractivity contribution in [3.63, 3.8) is 0 Å². The van der Waals surface area contributed by atoms with E-state index in [1.807, 2.05) is 37.3 Å². The van der Waals surface area contributed by atoms with E-state index < -0.39 is 0 Å². The second kappa shape index (κ2) is 8.40. The van der Waals surface area contributed by atoms with E-state index >= 15 is 0 Å². The molecule has 5 heteroatoms. The van der Waals surface area contributed by atoms with Crippen molar-refractivity contribution in [1.29, 1.82) is 0 Å². The molecule has 2 aromatic carbocycles. The molecule has 1 spiro atoms. The fourth-order valence-electron chi connectivity index (χ4n) is 6.98. The number of hydrogen-bond donors (Lipinski definition) is 2. The summed E-state index contributed by atoms with van der Waals surface area (Å²) in [5.74, 6) is 2.40. The van der Waals surface area contributed by atoms with Crippen LogP contribution in [0.15, 0.2) is 48.6 Å². The highest BCUT2D eigenvalue weighted by Gasteiger charge is 2.64. The summed E-state index contributed by atoms with van der Waals surface area (Å²) in [6.45, 7) is 4.54. The smallest absolute Gasteiger partial charge is 0.165 e. The third-order valence-corrected chi connectivity index (χ3v) is 8.69. The van der Waals surface area contributed by atoms with Crippen molar-refractivity contribution in [2.45, 2.75) is 62.9 Å². The molecule has 34 heavy (non-hydrogen) atoms. The van der Waals surface area contributed by atoms with Gasteiger partial charge in [-0.3, -0.25) is 4.90 Å². The van der Waals surface area contributed by atoms with E-state index in [0.717, 1.165) is 36.6 Å². The molecule has 0 radical (unpaired) electrons. The number of benzene rings is 2. The van der Waals surface area contributed by atoms with E-state index in [2.05, 4.69) is 23.1 Å². The van der Waals surface area contributed by atoms with E-state index in [0.29, 0.717) is 12.0 Å². The van der Waals surface area contributed by atoms with Gasteiger partial charge < -0.3 is 19.7 Å². The molecule has 2 fully saturated rings. The van der Waals surface area contributed by atoms with Crippen molar-refractivity contribution < 1.29 is 19.7 Å². The number of ether oxygens (including phenoxy) is 2. The van der Waals surface area contributed by atoms with Gasteiger partial charge in [-0.15, -0.1) is 0 Å². The molecular formula is C29H35NO4.